The van der Waals surface area contributed by atoms with Crippen LogP contribution in [0.3, 0.4) is 0 Å². The van der Waals surface area contributed by atoms with Crippen molar-refractivity contribution in [3.63, 3.8) is 0 Å². The van der Waals surface area contributed by atoms with E-state index in [1.165, 1.54) is 0 Å². The molecule has 0 aliphatic carbocycles. The van der Waals surface area contributed by atoms with Crippen LogP contribution in [0.15, 0.2) is 75.1 Å². The number of benzene rings is 2. The molecule has 0 saturated heterocycles. The number of fused-ring (bicyclic) bond motifs is 6. The summed E-state index contributed by atoms with van der Waals surface area (Å²) in [5, 5.41) is 7.84. The van der Waals surface area contributed by atoms with Gasteiger partial charge >= 0.3 is 6.09 Å². The number of aryl methyl sites for hydroxylation is 2. The van der Waals surface area contributed by atoms with Gasteiger partial charge in [-0.3, -0.25) is 19.6 Å². The van der Waals surface area contributed by atoms with E-state index < -0.39 is 17.2 Å². The number of halogens is 1. The Morgan fingerprint density at radius 3 is 2.33 bits per heavy atom. The maximum absolute atomic E-state index is 12.7. The van der Waals surface area contributed by atoms with E-state index in [1.807, 2.05) is 77.1 Å². The van der Waals surface area contributed by atoms with Gasteiger partial charge in [0.25, 0.3) is 11.1 Å². The number of hydrogen-bond acceptors (Lipinski definition) is 9. The lowest BCUT2D eigenvalue weighted by molar-refractivity contribution is 0.0408. The molecule has 1 amide bonds. The summed E-state index contributed by atoms with van der Waals surface area (Å²) in [6.45, 7) is 18.5. The summed E-state index contributed by atoms with van der Waals surface area (Å²) in [7, 11) is 1.74. The van der Waals surface area contributed by atoms with Gasteiger partial charge in [-0.1, -0.05) is 27.7 Å². The lowest BCUT2D eigenvalue weighted by Gasteiger charge is -2.33. The van der Waals surface area contributed by atoms with E-state index in [1.54, 1.807) is 30.2 Å². The lowest BCUT2D eigenvalue weighted by atomic mass is 9.91. The standard InChI is InChI=1S/C25H33N3O4.C19H22BrN3O2/c1-16(2)13-25(6,27-23(30)32-24(3,4)5)15-31-17-8-9-19-18-10-11-26-14-20(18)22(29)28(7)21(19)12-17;1-10(2)6-12(21)9-25-17-8-16-14(7-15(17)20)13-4-5-22-11(3)18(13)19(24)23-16/h8-12,14,16H,13,15H2,1-7H3,(H,27,30);4-5,7-8,10,12H,6,9,21H2,1-3H3,(H,23,24)/t;12-/m.0/s1. The van der Waals surface area contributed by atoms with E-state index in [9.17, 15) is 14.4 Å². The summed E-state index contributed by atoms with van der Waals surface area (Å²) >= 11 is 3.57. The SMILES string of the molecule is CC(C)CC(C)(COc1ccc2c3ccncc3c(=O)n(C)c2c1)NC(=O)OC(C)(C)C.Cc1nccc2c1c(=O)[nH]c1cc(OC[C@@H](N)CC(C)C)c(Br)cc12. The Labute approximate surface area is 341 Å². The summed E-state index contributed by atoms with van der Waals surface area (Å²) in [6, 6.07) is 13.2. The van der Waals surface area contributed by atoms with Crippen molar-refractivity contribution in [2.75, 3.05) is 13.2 Å². The highest BCUT2D eigenvalue weighted by Gasteiger charge is 2.31. The molecule has 304 valence electrons. The van der Waals surface area contributed by atoms with Gasteiger partial charge < -0.3 is 34.8 Å². The van der Waals surface area contributed by atoms with Crippen molar-refractivity contribution in [2.24, 2.45) is 24.6 Å². The number of amides is 1. The largest absolute Gasteiger partial charge is 0.491 e. The molecule has 6 rings (SSSR count). The van der Waals surface area contributed by atoms with Crippen LogP contribution in [0.5, 0.6) is 11.5 Å². The first-order chi connectivity index (χ1) is 26.7. The first kappa shape index (κ1) is 43.1. The van der Waals surface area contributed by atoms with Crippen molar-refractivity contribution in [3.8, 4) is 11.5 Å². The van der Waals surface area contributed by atoms with E-state index >= 15 is 0 Å². The van der Waals surface area contributed by atoms with Crippen molar-refractivity contribution in [1.82, 2.24) is 24.8 Å². The van der Waals surface area contributed by atoms with Gasteiger partial charge in [0.05, 0.1) is 37.5 Å². The van der Waals surface area contributed by atoms with Crippen LogP contribution in [0, 0.1) is 18.8 Å². The molecule has 0 radical (unpaired) electrons. The molecule has 0 bridgehead atoms. The number of rotatable bonds is 11. The Hall–Kier alpha value is -5.01. The highest BCUT2D eigenvalue weighted by Crippen LogP contribution is 2.33. The van der Waals surface area contributed by atoms with Gasteiger partial charge in [0.15, 0.2) is 0 Å². The topological polar surface area (TPSA) is 163 Å². The molecular formula is C44H55BrN6O6. The Morgan fingerprint density at radius 1 is 0.930 bits per heavy atom. The number of hydrogen-bond donors (Lipinski definition) is 3. The number of carbonyl (C=O) groups is 1. The molecule has 6 aromatic rings. The Bertz CT molecular complexity index is 2530. The normalized spacial score (nSPS) is 13.4. The highest BCUT2D eigenvalue weighted by atomic mass is 79.9. The molecular weight excluding hydrogens is 788 g/mol. The second kappa shape index (κ2) is 17.6. The molecule has 4 aromatic heterocycles. The molecule has 2 atom stereocenters. The molecule has 0 saturated carbocycles. The van der Waals surface area contributed by atoms with Crippen LogP contribution in [-0.2, 0) is 11.8 Å². The van der Waals surface area contributed by atoms with E-state index in [4.69, 9.17) is 19.9 Å². The first-order valence-electron chi connectivity index (χ1n) is 19.2. The van der Waals surface area contributed by atoms with E-state index in [2.05, 4.69) is 63.9 Å². The molecule has 0 aliphatic heterocycles. The van der Waals surface area contributed by atoms with Gasteiger partial charge in [-0.25, -0.2) is 4.79 Å². The number of nitrogens with one attached hydrogen (secondary N) is 2. The second-order valence-corrected chi connectivity index (χ2v) is 17.7. The zero-order valence-electron chi connectivity index (χ0n) is 34.6. The number of carbonyl (C=O) groups excluding carboxylic acids is 1. The van der Waals surface area contributed by atoms with Crippen molar-refractivity contribution in [3.05, 3.63) is 91.9 Å². The minimum absolute atomic E-state index is 0.0213. The number of alkyl carbamates (subject to hydrolysis) is 1. The van der Waals surface area contributed by atoms with Crippen LogP contribution in [0.1, 0.15) is 73.9 Å². The average Bonchev–Trinajstić information content (AvgIpc) is 3.11. The third-order valence-electron chi connectivity index (χ3n) is 9.40. The third kappa shape index (κ3) is 10.7. The molecule has 0 fully saturated rings. The van der Waals surface area contributed by atoms with Gasteiger partial charge in [0.1, 0.15) is 30.3 Å². The number of aromatic amines is 1. The number of pyridine rings is 4. The van der Waals surface area contributed by atoms with Crippen molar-refractivity contribution < 1.29 is 19.0 Å². The minimum atomic E-state index is -0.619. The molecule has 2 aromatic carbocycles. The van der Waals surface area contributed by atoms with Crippen molar-refractivity contribution >= 4 is 65.4 Å². The fraction of sp³-hybridized carbons (Fsp3) is 0.432. The zero-order chi connectivity index (χ0) is 41.8. The molecule has 1 unspecified atom stereocenters. The average molecular weight is 844 g/mol. The molecule has 4 heterocycles. The fourth-order valence-corrected chi connectivity index (χ4v) is 7.62. The minimum Gasteiger partial charge on any atom is -0.491 e. The number of aromatic nitrogens is 4. The quantitative estimate of drug-likeness (QED) is 0.108. The Morgan fingerprint density at radius 2 is 1.65 bits per heavy atom. The maximum Gasteiger partial charge on any atom is 0.408 e. The molecule has 13 heteroatoms. The molecule has 0 spiro atoms. The summed E-state index contributed by atoms with van der Waals surface area (Å²) < 4.78 is 19.9. The summed E-state index contributed by atoms with van der Waals surface area (Å²) in [5.74, 6) is 2.17. The van der Waals surface area contributed by atoms with Gasteiger partial charge in [-0.15, -0.1) is 0 Å². The summed E-state index contributed by atoms with van der Waals surface area (Å²) in [6.07, 6.45) is 6.16. The van der Waals surface area contributed by atoms with E-state index in [-0.39, 0.29) is 23.8 Å². The maximum atomic E-state index is 12.7. The smallest absolute Gasteiger partial charge is 0.408 e. The molecule has 12 nitrogen and oxygen atoms in total. The predicted octanol–water partition coefficient (Wildman–Crippen LogP) is 8.69. The Kier molecular flexibility index (Phi) is 13.3. The van der Waals surface area contributed by atoms with Crippen LogP contribution in [0.25, 0.3) is 43.4 Å². The van der Waals surface area contributed by atoms with Crippen LogP contribution >= 0.6 is 15.9 Å². The van der Waals surface area contributed by atoms with Crippen LogP contribution < -0.4 is 31.6 Å². The van der Waals surface area contributed by atoms with Crippen LogP contribution in [0.2, 0.25) is 0 Å². The van der Waals surface area contributed by atoms with Crippen LogP contribution in [0.4, 0.5) is 4.79 Å². The van der Waals surface area contributed by atoms with Crippen molar-refractivity contribution in [2.45, 2.75) is 92.3 Å². The number of nitrogens with two attached hydrogens (primary N) is 1. The number of H-pyrrole nitrogens is 1. The van der Waals surface area contributed by atoms with Crippen molar-refractivity contribution in [1.29, 1.82) is 0 Å². The first-order valence-corrected chi connectivity index (χ1v) is 20.0. The molecule has 0 aliphatic rings. The summed E-state index contributed by atoms with van der Waals surface area (Å²) in [5.41, 5.74) is 6.88. The third-order valence-corrected chi connectivity index (χ3v) is 10.0. The second-order valence-electron chi connectivity index (χ2n) is 16.8. The fourth-order valence-electron chi connectivity index (χ4n) is 7.16. The number of nitrogens with zero attached hydrogens (tertiary/aromatic N) is 3. The van der Waals surface area contributed by atoms with Gasteiger partial charge in [0, 0.05) is 54.6 Å². The van der Waals surface area contributed by atoms with Gasteiger partial charge in [-0.05, 0) is 116 Å². The monoisotopic (exact) mass is 842 g/mol. The van der Waals surface area contributed by atoms with Gasteiger partial charge in [-0.2, -0.15) is 0 Å². The van der Waals surface area contributed by atoms with Crippen LogP contribution in [-0.4, -0.2) is 56.0 Å². The molecule has 57 heavy (non-hydrogen) atoms. The van der Waals surface area contributed by atoms with E-state index in [0.717, 1.165) is 55.6 Å². The summed E-state index contributed by atoms with van der Waals surface area (Å²) in [4.78, 5) is 48.8. The zero-order valence-corrected chi connectivity index (χ0v) is 36.2. The number of ether oxygens (including phenoxy) is 3. The molecule has 4 N–H and O–H groups in total. The van der Waals surface area contributed by atoms with E-state index in [0.29, 0.717) is 40.7 Å². The predicted molar refractivity (Wildman–Crippen MR) is 232 cm³/mol. The van der Waals surface area contributed by atoms with Gasteiger partial charge in [0.2, 0.25) is 0 Å². The lowest BCUT2D eigenvalue weighted by Crippen LogP contribution is -2.52. The highest BCUT2D eigenvalue weighted by molar-refractivity contribution is 9.10. The Balaban J connectivity index is 0.000000224.